The molecule has 3 aromatic carbocycles. The molecule has 0 unspecified atom stereocenters. The van der Waals surface area contributed by atoms with Gasteiger partial charge < -0.3 is 0 Å². The van der Waals surface area contributed by atoms with Crippen molar-refractivity contribution < 1.29 is 0 Å². The quantitative estimate of drug-likeness (QED) is 0.380. The summed E-state index contributed by atoms with van der Waals surface area (Å²) in [6.45, 7) is 2.62. The van der Waals surface area contributed by atoms with Crippen molar-refractivity contribution in [1.82, 2.24) is 35.0 Å². The van der Waals surface area contributed by atoms with Crippen LogP contribution in [-0.2, 0) is 13.0 Å². The number of hydrogen-bond acceptors (Lipinski definition) is 5. The Balaban J connectivity index is 1.42. The maximum Gasteiger partial charge on any atom is 0.351 e. The van der Waals surface area contributed by atoms with Crippen molar-refractivity contribution in [3.05, 3.63) is 101 Å². The Bertz CT molecular complexity index is 1420. The first-order valence-corrected chi connectivity index (χ1v) is 11.4. The number of benzene rings is 3. The van der Waals surface area contributed by atoms with Crippen LogP contribution in [-0.4, -0.2) is 35.0 Å². The van der Waals surface area contributed by atoms with Crippen LogP contribution in [0.15, 0.2) is 83.7 Å². The van der Waals surface area contributed by atoms with Crippen molar-refractivity contribution >= 4 is 0 Å². The van der Waals surface area contributed by atoms with E-state index < -0.39 is 0 Å². The highest BCUT2D eigenvalue weighted by Gasteiger charge is 2.15. The van der Waals surface area contributed by atoms with Gasteiger partial charge in [-0.1, -0.05) is 74.0 Å². The molecule has 5 rings (SSSR count). The predicted octanol–water partition coefficient (Wildman–Crippen LogP) is 4.27. The second-order valence-electron chi connectivity index (χ2n) is 8.15. The second kappa shape index (κ2) is 9.66. The van der Waals surface area contributed by atoms with Gasteiger partial charge >= 0.3 is 5.69 Å². The third-order valence-corrected chi connectivity index (χ3v) is 5.79. The Hall–Kier alpha value is -4.33. The molecule has 0 aliphatic carbocycles. The molecule has 5 aromatic rings. The minimum atomic E-state index is -0.116. The number of nitrogens with one attached hydrogen (secondary N) is 1. The lowest BCUT2D eigenvalue weighted by Gasteiger charge is -2.08. The Morgan fingerprint density at radius 3 is 2.41 bits per heavy atom. The first kappa shape index (κ1) is 21.5. The topological polar surface area (TPSA) is 94.3 Å². The number of unbranched alkanes of at least 4 members (excludes halogenated alkanes) is 1. The van der Waals surface area contributed by atoms with Gasteiger partial charge in [-0.15, -0.1) is 15.3 Å². The van der Waals surface area contributed by atoms with Crippen molar-refractivity contribution in [3.63, 3.8) is 0 Å². The number of H-pyrrole nitrogens is 1. The number of nitrogens with zero attached hydrogens (tertiary/aromatic N) is 6. The van der Waals surface area contributed by atoms with Crippen LogP contribution in [0.4, 0.5) is 0 Å². The first-order valence-electron chi connectivity index (χ1n) is 11.4. The van der Waals surface area contributed by atoms with Gasteiger partial charge in [0, 0.05) is 12.0 Å². The fourth-order valence-corrected chi connectivity index (χ4v) is 3.96. The third-order valence-electron chi connectivity index (χ3n) is 5.79. The number of aromatic nitrogens is 7. The molecule has 170 valence electrons. The van der Waals surface area contributed by atoms with E-state index in [1.165, 1.54) is 4.68 Å². The van der Waals surface area contributed by atoms with Gasteiger partial charge in [0.2, 0.25) is 5.82 Å². The van der Waals surface area contributed by atoms with Gasteiger partial charge in [0.25, 0.3) is 0 Å². The molecule has 0 saturated heterocycles. The SMILES string of the molecule is CCCCc1nn(-c2ccccc2)c(=O)n1Cc1ccc(-c2cccc(-c3nn[nH]n3)c2)cc1. The van der Waals surface area contributed by atoms with Gasteiger partial charge in [0.1, 0.15) is 5.82 Å². The van der Waals surface area contributed by atoms with E-state index in [2.05, 4.69) is 63.0 Å². The van der Waals surface area contributed by atoms with E-state index in [0.29, 0.717) is 12.4 Å². The monoisotopic (exact) mass is 451 g/mol. The molecule has 34 heavy (non-hydrogen) atoms. The van der Waals surface area contributed by atoms with E-state index in [0.717, 1.165) is 53.0 Å². The van der Waals surface area contributed by atoms with E-state index >= 15 is 0 Å². The number of hydrogen-bond donors (Lipinski definition) is 1. The van der Waals surface area contributed by atoms with Crippen LogP contribution in [0, 0.1) is 0 Å². The van der Waals surface area contributed by atoms with Crippen LogP contribution in [0.1, 0.15) is 31.2 Å². The Kier molecular flexibility index (Phi) is 6.11. The highest BCUT2D eigenvalue weighted by atomic mass is 16.2. The molecule has 0 radical (unpaired) electrons. The standard InChI is InChI=1S/C26H25N7O/c1-2-3-12-24-29-33(23-10-5-4-6-11-23)26(34)32(24)18-19-13-15-20(16-14-19)21-8-7-9-22(17-21)25-27-30-31-28-25/h4-11,13-17H,2-3,12,18H2,1H3,(H,27,28,30,31). The maximum atomic E-state index is 13.2. The maximum absolute atomic E-state index is 13.2. The van der Waals surface area contributed by atoms with Crippen LogP contribution in [0.25, 0.3) is 28.2 Å². The summed E-state index contributed by atoms with van der Waals surface area (Å²) in [5.74, 6) is 1.38. The lowest BCUT2D eigenvalue weighted by atomic mass is 10.0. The third kappa shape index (κ3) is 4.43. The van der Waals surface area contributed by atoms with Crippen LogP contribution >= 0.6 is 0 Å². The van der Waals surface area contributed by atoms with Crippen molar-refractivity contribution in [2.45, 2.75) is 32.7 Å². The lowest BCUT2D eigenvalue weighted by molar-refractivity contribution is 0.666. The zero-order valence-electron chi connectivity index (χ0n) is 18.9. The average Bonchev–Trinajstić information content (AvgIpc) is 3.53. The molecule has 0 aliphatic rings. The molecule has 0 saturated carbocycles. The van der Waals surface area contributed by atoms with Gasteiger partial charge in [0.05, 0.1) is 12.2 Å². The van der Waals surface area contributed by atoms with Crippen LogP contribution in [0.5, 0.6) is 0 Å². The Labute approximate surface area is 196 Å². The minimum absolute atomic E-state index is 0.116. The molecule has 0 atom stereocenters. The highest BCUT2D eigenvalue weighted by Crippen LogP contribution is 2.24. The van der Waals surface area contributed by atoms with Gasteiger partial charge in [-0.2, -0.15) is 9.90 Å². The average molecular weight is 452 g/mol. The Morgan fingerprint density at radius 2 is 1.68 bits per heavy atom. The first-order chi connectivity index (χ1) is 16.7. The van der Waals surface area contributed by atoms with Gasteiger partial charge in [-0.05, 0) is 46.5 Å². The summed E-state index contributed by atoms with van der Waals surface area (Å²) < 4.78 is 3.29. The minimum Gasteiger partial charge on any atom is -0.274 e. The molecule has 8 nitrogen and oxygen atoms in total. The van der Waals surface area contributed by atoms with E-state index in [9.17, 15) is 4.79 Å². The van der Waals surface area contributed by atoms with Crippen molar-refractivity contribution in [2.24, 2.45) is 0 Å². The second-order valence-corrected chi connectivity index (χ2v) is 8.15. The molecule has 2 aromatic heterocycles. The van der Waals surface area contributed by atoms with Crippen molar-refractivity contribution in [2.75, 3.05) is 0 Å². The van der Waals surface area contributed by atoms with Crippen LogP contribution in [0.3, 0.4) is 0 Å². The Morgan fingerprint density at radius 1 is 0.882 bits per heavy atom. The molecule has 0 spiro atoms. The lowest BCUT2D eigenvalue weighted by Crippen LogP contribution is -2.25. The fraction of sp³-hybridized carbons (Fsp3) is 0.192. The van der Waals surface area contributed by atoms with Gasteiger partial charge in [0.15, 0.2) is 0 Å². The predicted molar refractivity (Wildman–Crippen MR) is 131 cm³/mol. The summed E-state index contributed by atoms with van der Waals surface area (Å²) in [4.78, 5) is 13.2. The molecule has 0 aliphatic heterocycles. The van der Waals surface area contributed by atoms with E-state index in [4.69, 9.17) is 0 Å². The van der Waals surface area contributed by atoms with Crippen molar-refractivity contribution in [1.29, 1.82) is 0 Å². The number of para-hydroxylation sites is 1. The molecular formula is C26H25N7O. The summed E-state index contributed by atoms with van der Waals surface area (Å²) in [6, 6.07) is 25.9. The number of aromatic amines is 1. The van der Waals surface area contributed by atoms with Crippen molar-refractivity contribution in [3.8, 4) is 28.2 Å². The largest absolute Gasteiger partial charge is 0.351 e. The van der Waals surface area contributed by atoms with E-state index in [1.807, 2.05) is 48.5 Å². The smallest absolute Gasteiger partial charge is 0.274 e. The molecule has 1 N–H and O–H groups in total. The summed E-state index contributed by atoms with van der Waals surface area (Å²) in [5, 5.41) is 18.9. The molecule has 0 bridgehead atoms. The molecule has 2 heterocycles. The summed E-state index contributed by atoms with van der Waals surface area (Å²) in [5.41, 5.74) is 4.75. The highest BCUT2D eigenvalue weighted by molar-refractivity contribution is 5.70. The van der Waals surface area contributed by atoms with E-state index in [1.54, 1.807) is 4.57 Å². The molecule has 0 fully saturated rings. The zero-order chi connectivity index (χ0) is 23.3. The zero-order valence-corrected chi connectivity index (χ0v) is 18.9. The van der Waals surface area contributed by atoms with Crippen LogP contribution in [0.2, 0.25) is 0 Å². The number of rotatable bonds is 8. The summed E-state index contributed by atoms with van der Waals surface area (Å²) >= 11 is 0. The van der Waals surface area contributed by atoms with Gasteiger partial charge in [-0.3, -0.25) is 4.57 Å². The summed E-state index contributed by atoms with van der Waals surface area (Å²) in [6.07, 6.45) is 2.80. The fourth-order valence-electron chi connectivity index (χ4n) is 3.96. The molecule has 0 amide bonds. The van der Waals surface area contributed by atoms with E-state index in [-0.39, 0.29) is 5.69 Å². The normalized spacial score (nSPS) is 11.1. The van der Waals surface area contributed by atoms with Gasteiger partial charge in [-0.25, -0.2) is 4.79 Å². The van der Waals surface area contributed by atoms with Crippen LogP contribution < -0.4 is 5.69 Å². The summed E-state index contributed by atoms with van der Waals surface area (Å²) in [7, 11) is 0. The molecule has 8 heteroatoms. The number of tetrazole rings is 1. The molecular weight excluding hydrogens is 426 g/mol. The number of aryl methyl sites for hydroxylation is 1.